The highest BCUT2D eigenvalue weighted by atomic mass is 127. The summed E-state index contributed by atoms with van der Waals surface area (Å²) in [6.45, 7) is 13.9. The standard InChI is InChI=1S/C18H33N5O2.HI/c1-3-19-18(20-13-16-14-21-9-11-22(16)12-10-21)23-7-5-15(6-8-23)17(24)25-4-2;/h15-16H,3-14H2,1-2H3,(H,19,20);1H. The highest BCUT2D eigenvalue weighted by Crippen LogP contribution is 2.19. The molecular formula is C18H34IN5O2. The molecule has 0 spiro atoms. The third kappa shape index (κ3) is 5.45. The van der Waals surface area contributed by atoms with E-state index in [0.717, 1.165) is 51.5 Å². The van der Waals surface area contributed by atoms with Crippen LogP contribution < -0.4 is 5.32 Å². The van der Waals surface area contributed by atoms with Crippen LogP contribution in [0.2, 0.25) is 0 Å². The molecule has 0 amide bonds. The number of halogens is 1. The second-order valence-electron chi connectivity index (χ2n) is 7.20. The smallest absolute Gasteiger partial charge is 0.309 e. The fourth-order valence-corrected chi connectivity index (χ4v) is 4.10. The number of fused-ring (bicyclic) bond motifs is 3. The lowest BCUT2D eigenvalue weighted by Gasteiger charge is -2.47. The Morgan fingerprint density at radius 3 is 2.35 bits per heavy atom. The molecule has 2 bridgehead atoms. The number of ether oxygens (including phenoxy) is 1. The number of rotatable bonds is 5. The van der Waals surface area contributed by atoms with E-state index in [1.165, 1.54) is 26.2 Å². The summed E-state index contributed by atoms with van der Waals surface area (Å²) in [5, 5.41) is 3.43. The molecule has 4 saturated heterocycles. The molecule has 0 aromatic heterocycles. The van der Waals surface area contributed by atoms with E-state index in [0.29, 0.717) is 12.6 Å². The van der Waals surface area contributed by atoms with Crippen molar-refractivity contribution in [2.24, 2.45) is 10.9 Å². The quantitative estimate of drug-likeness (QED) is 0.273. The molecule has 1 unspecified atom stereocenters. The third-order valence-electron chi connectivity index (χ3n) is 5.59. The summed E-state index contributed by atoms with van der Waals surface area (Å²) in [6.07, 6.45) is 1.71. The van der Waals surface area contributed by atoms with Gasteiger partial charge in [0.15, 0.2) is 5.96 Å². The first-order chi connectivity index (χ1) is 12.2. The van der Waals surface area contributed by atoms with Gasteiger partial charge in [-0.3, -0.25) is 19.6 Å². The van der Waals surface area contributed by atoms with Crippen LogP contribution in [0.4, 0.5) is 0 Å². The molecule has 1 atom stereocenters. The second-order valence-corrected chi connectivity index (χ2v) is 7.20. The summed E-state index contributed by atoms with van der Waals surface area (Å²) >= 11 is 0. The number of piperidine rings is 1. The SMILES string of the molecule is CCNC(=NCC1CN2CCN1CC2)N1CCC(C(=O)OCC)CC1.I. The van der Waals surface area contributed by atoms with Crippen molar-refractivity contribution in [3.8, 4) is 0 Å². The van der Waals surface area contributed by atoms with Crippen molar-refractivity contribution in [2.75, 3.05) is 65.5 Å². The number of esters is 1. The van der Waals surface area contributed by atoms with E-state index in [2.05, 4.69) is 26.9 Å². The van der Waals surface area contributed by atoms with Gasteiger partial charge in [-0.05, 0) is 26.7 Å². The average molecular weight is 479 g/mol. The van der Waals surface area contributed by atoms with Crippen molar-refractivity contribution >= 4 is 35.9 Å². The zero-order valence-electron chi connectivity index (χ0n) is 16.2. The third-order valence-corrected chi connectivity index (χ3v) is 5.59. The van der Waals surface area contributed by atoms with Crippen molar-refractivity contribution in [3.63, 3.8) is 0 Å². The minimum Gasteiger partial charge on any atom is -0.466 e. The highest BCUT2D eigenvalue weighted by Gasteiger charge is 2.32. The number of nitrogens with zero attached hydrogens (tertiary/aromatic N) is 4. The van der Waals surface area contributed by atoms with Crippen molar-refractivity contribution in [3.05, 3.63) is 0 Å². The van der Waals surface area contributed by atoms with Crippen LogP contribution in [0, 0.1) is 5.92 Å². The molecule has 0 saturated carbocycles. The predicted octanol–water partition coefficient (Wildman–Crippen LogP) is 0.845. The molecule has 26 heavy (non-hydrogen) atoms. The van der Waals surface area contributed by atoms with Gasteiger partial charge < -0.3 is 15.0 Å². The Labute approximate surface area is 174 Å². The van der Waals surface area contributed by atoms with Gasteiger partial charge in [0, 0.05) is 58.4 Å². The summed E-state index contributed by atoms with van der Waals surface area (Å²) in [6, 6.07) is 0.549. The fourth-order valence-electron chi connectivity index (χ4n) is 4.10. The Morgan fingerprint density at radius 2 is 1.81 bits per heavy atom. The van der Waals surface area contributed by atoms with Gasteiger partial charge in [0.05, 0.1) is 19.1 Å². The molecule has 0 aromatic rings. The molecule has 8 heteroatoms. The van der Waals surface area contributed by atoms with Crippen molar-refractivity contribution in [2.45, 2.75) is 32.7 Å². The Kier molecular flexibility index (Phi) is 8.89. The Hall–Kier alpha value is -0.610. The molecule has 4 aliphatic rings. The zero-order chi connectivity index (χ0) is 17.6. The van der Waals surface area contributed by atoms with Crippen LogP contribution in [-0.4, -0.2) is 98.2 Å². The molecule has 4 fully saturated rings. The summed E-state index contributed by atoms with van der Waals surface area (Å²) in [7, 11) is 0. The molecule has 4 aliphatic heterocycles. The van der Waals surface area contributed by atoms with Crippen LogP contribution in [0.1, 0.15) is 26.7 Å². The van der Waals surface area contributed by atoms with Crippen LogP contribution in [0.3, 0.4) is 0 Å². The molecule has 0 aromatic carbocycles. The first-order valence-electron chi connectivity index (χ1n) is 9.87. The number of aliphatic imine (C=N–C) groups is 1. The number of likely N-dealkylation sites (tertiary alicyclic amines) is 1. The van der Waals surface area contributed by atoms with Crippen LogP contribution in [0.5, 0.6) is 0 Å². The van der Waals surface area contributed by atoms with E-state index in [-0.39, 0.29) is 35.9 Å². The van der Waals surface area contributed by atoms with Gasteiger partial charge in [-0.15, -0.1) is 24.0 Å². The maximum atomic E-state index is 11.9. The minimum atomic E-state index is -0.0378. The Morgan fingerprint density at radius 1 is 1.12 bits per heavy atom. The number of guanidine groups is 1. The second kappa shape index (κ2) is 10.7. The lowest BCUT2D eigenvalue weighted by molar-refractivity contribution is -0.149. The molecule has 4 rings (SSSR count). The van der Waals surface area contributed by atoms with Crippen LogP contribution >= 0.6 is 24.0 Å². The maximum Gasteiger partial charge on any atom is 0.309 e. The van der Waals surface area contributed by atoms with E-state index < -0.39 is 0 Å². The van der Waals surface area contributed by atoms with Crippen molar-refractivity contribution in [1.82, 2.24) is 20.0 Å². The molecule has 0 aliphatic carbocycles. The van der Waals surface area contributed by atoms with Gasteiger partial charge >= 0.3 is 5.97 Å². The van der Waals surface area contributed by atoms with Gasteiger partial charge in [0.25, 0.3) is 0 Å². The monoisotopic (exact) mass is 479 g/mol. The summed E-state index contributed by atoms with van der Waals surface area (Å²) in [5.41, 5.74) is 0. The lowest BCUT2D eigenvalue weighted by atomic mass is 9.97. The summed E-state index contributed by atoms with van der Waals surface area (Å²) in [5.74, 6) is 1.01. The van der Waals surface area contributed by atoms with Crippen LogP contribution in [-0.2, 0) is 9.53 Å². The molecule has 4 heterocycles. The molecule has 0 radical (unpaired) electrons. The fraction of sp³-hybridized carbons (Fsp3) is 0.889. The molecule has 1 N–H and O–H groups in total. The van der Waals surface area contributed by atoms with Gasteiger partial charge in [0.1, 0.15) is 0 Å². The lowest BCUT2D eigenvalue weighted by Crippen LogP contribution is -2.62. The number of carbonyl (C=O) groups excluding carboxylic acids is 1. The first-order valence-corrected chi connectivity index (χ1v) is 9.87. The number of piperazine rings is 3. The number of carbonyl (C=O) groups is 1. The Bertz CT molecular complexity index is 474. The summed E-state index contributed by atoms with van der Waals surface area (Å²) in [4.78, 5) is 24.3. The van der Waals surface area contributed by atoms with E-state index in [1.807, 2.05) is 6.92 Å². The van der Waals surface area contributed by atoms with Gasteiger partial charge in [0.2, 0.25) is 0 Å². The number of hydrogen-bond acceptors (Lipinski definition) is 5. The zero-order valence-corrected chi connectivity index (χ0v) is 18.5. The molecular weight excluding hydrogens is 445 g/mol. The van der Waals surface area contributed by atoms with Gasteiger partial charge in [-0.1, -0.05) is 0 Å². The van der Waals surface area contributed by atoms with Gasteiger partial charge in [-0.25, -0.2) is 0 Å². The normalized spacial score (nSPS) is 29.2. The largest absolute Gasteiger partial charge is 0.466 e. The number of hydrogen-bond donors (Lipinski definition) is 1. The number of nitrogens with one attached hydrogen (secondary N) is 1. The van der Waals surface area contributed by atoms with E-state index in [1.54, 1.807) is 0 Å². The van der Waals surface area contributed by atoms with E-state index in [9.17, 15) is 4.79 Å². The Balaban J connectivity index is 0.00000243. The van der Waals surface area contributed by atoms with Crippen molar-refractivity contribution < 1.29 is 9.53 Å². The minimum absolute atomic E-state index is 0. The maximum absolute atomic E-state index is 11.9. The van der Waals surface area contributed by atoms with Gasteiger partial charge in [-0.2, -0.15) is 0 Å². The first kappa shape index (κ1) is 21.7. The van der Waals surface area contributed by atoms with Crippen LogP contribution in [0.15, 0.2) is 4.99 Å². The van der Waals surface area contributed by atoms with E-state index in [4.69, 9.17) is 9.73 Å². The molecule has 150 valence electrons. The average Bonchev–Trinajstić information content (AvgIpc) is 2.66. The van der Waals surface area contributed by atoms with E-state index >= 15 is 0 Å². The highest BCUT2D eigenvalue weighted by molar-refractivity contribution is 14.0. The summed E-state index contributed by atoms with van der Waals surface area (Å²) < 4.78 is 5.17. The predicted molar refractivity (Wildman–Crippen MR) is 114 cm³/mol. The topological polar surface area (TPSA) is 60.4 Å². The van der Waals surface area contributed by atoms with Crippen molar-refractivity contribution in [1.29, 1.82) is 0 Å². The molecule has 7 nitrogen and oxygen atoms in total. The van der Waals surface area contributed by atoms with Crippen LogP contribution in [0.25, 0.3) is 0 Å².